The van der Waals surface area contributed by atoms with Crippen LogP contribution in [0.3, 0.4) is 0 Å². The molecule has 0 aliphatic rings. The number of hydrogen-bond acceptors (Lipinski definition) is 3. The third-order valence-electron chi connectivity index (χ3n) is 2.36. The summed E-state index contributed by atoms with van der Waals surface area (Å²) < 4.78 is 26.2. The number of nitrogens with one attached hydrogen (secondary N) is 1. The van der Waals surface area contributed by atoms with Gasteiger partial charge in [0.05, 0.1) is 5.02 Å². The van der Waals surface area contributed by atoms with Gasteiger partial charge in [0.25, 0.3) is 0 Å². The van der Waals surface area contributed by atoms with Crippen LogP contribution in [0.25, 0.3) is 0 Å². The van der Waals surface area contributed by atoms with Crippen molar-refractivity contribution >= 4 is 39.2 Å². The van der Waals surface area contributed by atoms with Gasteiger partial charge in [-0.2, -0.15) is 4.72 Å². The van der Waals surface area contributed by atoms with Crippen LogP contribution >= 0.6 is 23.2 Å². The lowest BCUT2D eigenvalue weighted by Gasteiger charge is -2.14. The molecule has 8 heteroatoms. The van der Waals surface area contributed by atoms with Gasteiger partial charge in [0.2, 0.25) is 10.0 Å². The first-order valence-corrected chi connectivity index (χ1v) is 7.72. The third kappa shape index (κ3) is 4.35. The van der Waals surface area contributed by atoms with Crippen LogP contribution in [0.15, 0.2) is 23.1 Å². The number of hydrogen-bond donors (Lipinski definition) is 2. The van der Waals surface area contributed by atoms with E-state index < -0.39 is 22.0 Å². The molecule has 1 aromatic carbocycles. The number of aliphatic carboxylic acids is 1. The predicted molar refractivity (Wildman–Crippen MR) is 73.1 cm³/mol. The highest BCUT2D eigenvalue weighted by atomic mass is 35.5. The smallest absolute Gasteiger partial charge is 0.321 e. The van der Waals surface area contributed by atoms with Crippen molar-refractivity contribution in [2.24, 2.45) is 0 Å². The van der Waals surface area contributed by atoms with E-state index in [1.54, 1.807) is 6.92 Å². The van der Waals surface area contributed by atoms with E-state index in [-0.39, 0.29) is 16.3 Å². The van der Waals surface area contributed by atoms with E-state index in [4.69, 9.17) is 28.3 Å². The second-order valence-corrected chi connectivity index (χ2v) is 6.40. The Hall–Kier alpha value is -0.820. The highest BCUT2D eigenvalue weighted by Crippen LogP contribution is 2.25. The van der Waals surface area contributed by atoms with Crippen LogP contribution in [0.5, 0.6) is 0 Å². The summed E-state index contributed by atoms with van der Waals surface area (Å²) in [4.78, 5) is 10.8. The molecule has 0 saturated heterocycles. The molecule has 0 fully saturated rings. The average Bonchev–Trinajstić information content (AvgIpc) is 2.27. The molecule has 2 N–H and O–H groups in total. The van der Waals surface area contributed by atoms with Crippen LogP contribution in [0.4, 0.5) is 0 Å². The van der Waals surface area contributed by atoms with Gasteiger partial charge in [0, 0.05) is 5.02 Å². The highest BCUT2D eigenvalue weighted by Gasteiger charge is 2.26. The van der Waals surface area contributed by atoms with E-state index >= 15 is 0 Å². The van der Waals surface area contributed by atoms with Crippen molar-refractivity contribution in [1.82, 2.24) is 4.72 Å². The van der Waals surface area contributed by atoms with Crippen molar-refractivity contribution in [2.45, 2.75) is 30.7 Å². The molecule has 0 aromatic heterocycles. The SMILES string of the molecule is CCCC(NS(=O)(=O)c1ccc(Cl)cc1Cl)C(=O)O. The third-order valence-corrected chi connectivity index (χ3v) is 4.55. The van der Waals surface area contributed by atoms with Crippen LogP contribution in [-0.2, 0) is 14.8 Å². The maximum atomic E-state index is 12.1. The van der Waals surface area contributed by atoms with Crippen molar-refractivity contribution in [3.05, 3.63) is 28.2 Å². The number of carboxylic acids is 1. The van der Waals surface area contributed by atoms with Gasteiger partial charge in [-0.15, -0.1) is 0 Å². The molecule has 0 spiro atoms. The second kappa shape index (κ2) is 6.56. The lowest BCUT2D eigenvalue weighted by atomic mass is 10.2. The normalized spacial score (nSPS) is 13.2. The Morgan fingerprint density at radius 1 is 1.42 bits per heavy atom. The summed E-state index contributed by atoms with van der Waals surface area (Å²) in [5, 5.41) is 9.19. The fourth-order valence-electron chi connectivity index (χ4n) is 1.47. The number of halogens is 2. The zero-order valence-corrected chi connectivity index (χ0v) is 12.4. The minimum absolute atomic E-state index is 0.0550. The van der Waals surface area contributed by atoms with Crippen LogP contribution in [0.1, 0.15) is 19.8 Å². The van der Waals surface area contributed by atoms with Gasteiger partial charge in [-0.05, 0) is 24.6 Å². The van der Waals surface area contributed by atoms with Gasteiger partial charge in [-0.25, -0.2) is 8.42 Å². The molecule has 0 saturated carbocycles. The van der Waals surface area contributed by atoms with E-state index in [1.165, 1.54) is 18.2 Å². The van der Waals surface area contributed by atoms with Crippen LogP contribution < -0.4 is 4.72 Å². The molecule has 1 atom stereocenters. The van der Waals surface area contributed by atoms with Gasteiger partial charge < -0.3 is 5.11 Å². The molecule has 0 bridgehead atoms. The molecule has 0 aliphatic heterocycles. The minimum atomic E-state index is -4.00. The van der Waals surface area contributed by atoms with Crippen LogP contribution in [0.2, 0.25) is 10.0 Å². The van der Waals surface area contributed by atoms with Crippen molar-refractivity contribution < 1.29 is 18.3 Å². The number of sulfonamides is 1. The number of carboxylic acid groups (broad SMARTS) is 1. The van der Waals surface area contributed by atoms with Crippen molar-refractivity contribution in [1.29, 1.82) is 0 Å². The van der Waals surface area contributed by atoms with Crippen molar-refractivity contribution in [2.75, 3.05) is 0 Å². The standard InChI is InChI=1S/C11H13Cl2NO4S/c1-2-3-9(11(15)16)14-19(17,18)10-5-4-7(12)6-8(10)13/h4-6,9,14H,2-3H2,1H3,(H,15,16). The lowest BCUT2D eigenvalue weighted by Crippen LogP contribution is -2.40. The molecule has 0 aliphatic carbocycles. The Morgan fingerprint density at radius 2 is 2.05 bits per heavy atom. The van der Waals surface area contributed by atoms with E-state index in [1.807, 2.05) is 0 Å². The predicted octanol–water partition coefficient (Wildman–Crippen LogP) is 2.53. The summed E-state index contributed by atoms with van der Waals surface area (Å²) in [7, 11) is -4.00. The number of benzene rings is 1. The quantitative estimate of drug-likeness (QED) is 0.841. The van der Waals surface area contributed by atoms with E-state index in [2.05, 4.69) is 4.72 Å². The monoisotopic (exact) mass is 325 g/mol. The first-order chi connectivity index (χ1) is 8.77. The fourth-order valence-corrected chi connectivity index (χ4v) is 3.46. The molecule has 19 heavy (non-hydrogen) atoms. The van der Waals surface area contributed by atoms with E-state index in [0.29, 0.717) is 11.4 Å². The Bertz CT molecular complexity index is 574. The Labute approximate surface area is 121 Å². The van der Waals surface area contributed by atoms with Gasteiger partial charge >= 0.3 is 5.97 Å². The summed E-state index contributed by atoms with van der Waals surface area (Å²) in [6, 6.07) is 2.71. The zero-order valence-electron chi connectivity index (χ0n) is 10.1. The van der Waals surface area contributed by atoms with Gasteiger partial charge in [-0.1, -0.05) is 36.5 Å². The largest absolute Gasteiger partial charge is 0.480 e. The summed E-state index contributed by atoms with van der Waals surface area (Å²) >= 11 is 11.5. The topological polar surface area (TPSA) is 83.5 Å². The molecule has 0 radical (unpaired) electrons. The zero-order chi connectivity index (χ0) is 14.6. The fraction of sp³-hybridized carbons (Fsp3) is 0.364. The molecule has 1 unspecified atom stereocenters. The molecular formula is C11H13Cl2NO4S. The van der Waals surface area contributed by atoms with Gasteiger partial charge in [0.15, 0.2) is 0 Å². The lowest BCUT2D eigenvalue weighted by molar-refractivity contribution is -0.139. The summed E-state index contributed by atoms with van der Waals surface area (Å²) in [6.07, 6.45) is 0.730. The average molecular weight is 326 g/mol. The molecule has 0 amide bonds. The van der Waals surface area contributed by atoms with E-state index in [0.717, 1.165) is 0 Å². The van der Waals surface area contributed by atoms with Crippen molar-refractivity contribution in [3.8, 4) is 0 Å². The number of carbonyl (C=O) groups is 1. The molecule has 1 aromatic rings. The Kier molecular flexibility index (Phi) is 5.61. The van der Waals surface area contributed by atoms with Crippen LogP contribution in [-0.4, -0.2) is 25.5 Å². The minimum Gasteiger partial charge on any atom is -0.480 e. The molecule has 106 valence electrons. The molecule has 0 heterocycles. The van der Waals surface area contributed by atoms with Crippen molar-refractivity contribution in [3.63, 3.8) is 0 Å². The highest BCUT2D eigenvalue weighted by molar-refractivity contribution is 7.89. The van der Waals surface area contributed by atoms with Gasteiger partial charge in [0.1, 0.15) is 10.9 Å². The second-order valence-electron chi connectivity index (χ2n) is 3.88. The first-order valence-electron chi connectivity index (χ1n) is 5.48. The van der Waals surface area contributed by atoms with Crippen LogP contribution in [0, 0.1) is 0 Å². The molecule has 5 nitrogen and oxygen atoms in total. The maximum Gasteiger partial charge on any atom is 0.321 e. The molecular weight excluding hydrogens is 313 g/mol. The Balaban J connectivity index is 3.06. The summed E-state index contributed by atoms with van der Waals surface area (Å²) in [6.45, 7) is 1.76. The Morgan fingerprint density at radius 3 is 2.53 bits per heavy atom. The van der Waals surface area contributed by atoms with Gasteiger partial charge in [-0.3, -0.25) is 4.79 Å². The summed E-state index contributed by atoms with van der Waals surface area (Å²) in [5.41, 5.74) is 0. The number of rotatable bonds is 6. The summed E-state index contributed by atoms with van der Waals surface area (Å²) in [5.74, 6) is -1.23. The first kappa shape index (κ1) is 16.2. The van der Waals surface area contributed by atoms with E-state index in [9.17, 15) is 13.2 Å². The molecule has 1 rings (SSSR count). The maximum absolute atomic E-state index is 12.1.